The second-order valence-corrected chi connectivity index (χ2v) is 4.78. The zero-order chi connectivity index (χ0) is 12.3. The van der Waals surface area contributed by atoms with Crippen LogP contribution in [0.2, 0.25) is 0 Å². The van der Waals surface area contributed by atoms with Gasteiger partial charge in [-0.1, -0.05) is 6.92 Å². The molecule has 1 aromatic heterocycles. The Bertz CT molecular complexity index is 393. The van der Waals surface area contributed by atoms with Crippen LogP contribution >= 0.6 is 0 Å². The summed E-state index contributed by atoms with van der Waals surface area (Å²) >= 11 is 0. The molecule has 0 unspecified atom stereocenters. The number of ketones is 1. The highest BCUT2D eigenvalue weighted by molar-refractivity contribution is 5.86. The number of nitrogens with zero attached hydrogens (tertiary/aromatic N) is 3. The molecule has 0 aromatic carbocycles. The Hall–Kier alpha value is -1.23. The van der Waals surface area contributed by atoms with Crippen molar-refractivity contribution in [3.05, 3.63) is 12.2 Å². The molecule has 0 atom stereocenters. The summed E-state index contributed by atoms with van der Waals surface area (Å²) < 4.78 is 1.68. The molecule has 2 heterocycles. The second-order valence-electron chi connectivity index (χ2n) is 4.78. The molecule has 0 spiro atoms. The summed E-state index contributed by atoms with van der Waals surface area (Å²) in [6.45, 7) is 4.00. The van der Waals surface area contributed by atoms with Crippen LogP contribution in [-0.4, -0.2) is 33.6 Å². The average Bonchev–Trinajstić information content (AvgIpc) is 2.76. The SMILES string of the molecule is CCC1(C(=O)Cc2ncnn2C)CCNCC1. The minimum atomic E-state index is -0.142. The number of carbonyl (C=O) groups is 1. The van der Waals surface area contributed by atoms with Gasteiger partial charge in [0.15, 0.2) is 0 Å². The summed E-state index contributed by atoms with van der Waals surface area (Å²) in [7, 11) is 1.83. The van der Waals surface area contributed by atoms with E-state index in [0.717, 1.165) is 38.2 Å². The van der Waals surface area contributed by atoms with Gasteiger partial charge in [0.05, 0.1) is 6.42 Å². The lowest BCUT2D eigenvalue weighted by Gasteiger charge is -2.35. The smallest absolute Gasteiger partial charge is 0.146 e. The van der Waals surface area contributed by atoms with Crippen molar-refractivity contribution in [2.75, 3.05) is 13.1 Å². The molecule has 0 bridgehead atoms. The summed E-state index contributed by atoms with van der Waals surface area (Å²) in [5, 5.41) is 7.32. The maximum absolute atomic E-state index is 12.5. The lowest BCUT2D eigenvalue weighted by atomic mass is 9.72. The van der Waals surface area contributed by atoms with Crippen molar-refractivity contribution in [3.63, 3.8) is 0 Å². The third-order valence-electron chi connectivity index (χ3n) is 3.95. The van der Waals surface area contributed by atoms with Gasteiger partial charge in [0.2, 0.25) is 0 Å². The molecule has 1 saturated heterocycles. The van der Waals surface area contributed by atoms with Gasteiger partial charge >= 0.3 is 0 Å². The number of rotatable bonds is 4. The van der Waals surface area contributed by atoms with Gasteiger partial charge in [-0.3, -0.25) is 9.48 Å². The highest BCUT2D eigenvalue weighted by atomic mass is 16.1. The van der Waals surface area contributed by atoms with Crippen LogP contribution in [0.3, 0.4) is 0 Å². The standard InChI is InChI=1S/C12H20N4O/c1-3-12(4-6-13-7-5-12)10(17)8-11-14-9-15-16(11)2/h9,13H,3-8H2,1-2H3. The first kappa shape index (κ1) is 12.2. The number of aromatic nitrogens is 3. The molecule has 0 radical (unpaired) electrons. The third-order valence-corrected chi connectivity index (χ3v) is 3.95. The van der Waals surface area contributed by atoms with Crippen molar-refractivity contribution >= 4 is 5.78 Å². The zero-order valence-electron chi connectivity index (χ0n) is 10.6. The zero-order valence-corrected chi connectivity index (χ0v) is 10.6. The Morgan fingerprint density at radius 1 is 1.53 bits per heavy atom. The van der Waals surface area contributed by atoms with Crippen LogP contribution in [0.5, 0.6) is 0 Å². The molecule has 0 aliphatic carbocycles. The third kappa shape index (κ3) is 2.39. The Morgan fingerprint density at radius 2 is 2.24 bits per heavy atom. The predicted molar refractivity (Wildman–Crippen MR) is 64.5 cm³/mol. The van der Waals surface area contributed by atoms with E-state index in [0.29, 0.717) is 12.2 Å². The highest BCUT2D eigenvalue weighted by Gasteiger charge is 2.37. The summed E-state index contributed by atoms with van der Waals surface area (Å²) in [5.74, 6) is 1.08. The van der Waals surface area contributed by atoms with Crippen LogP contribution < -0.4 is 5.32 Å². The van der Waals surface area contributed by atoms with Crippen LogP contribution in [0.15, 0.2) is 6.33 Å². The minimum Gasteiger partial charge on any atom is -0.317 e. The summed E-state index contributed by atoms with van der Waals surface area (Å²) in [6.07, 6.45) is 4.72. The summed E-state index contributed by atoms with van der Waals surface area (Å²) in [4.78, 5) is 16.6. The number of carbonyl (C=O) groups excluding carboxylic acids is 1. The maximum atomic E-state index is 12.5. The molecule has 1 aliphatic heterocycles. The lowest BCUT2D eigenvalue weighted by molar-refractivity contribution is -0.130. The van der Waals surface area contributed by atoms with Crippen molar-refractivity contribution in [1.82, 2.24) is 20.1 Å². The van der Waals surface area contributed by atoms with Crippen LogP contribution in [0.4, 0.5) is 0 Å². The fourth-order valence-electron chi connectivity index (χ4n) is 2.55. The number of nitrogens with one attached hydrogen (secondary N) is 1. The van der Waals surface area contributed by atoms with Gasteiger partial charge in [-0.15, -0.1) is 0 Å². The Kier molecular flexibility index (Phi) is 3.57. The van der Waals surface area contributed by atoms with Gasteiger partial charge in [0.25, 0.3) is 0 Å². The molecule has 1 fully saturated rings. The maximum Gasteiger partial charge on any atom is 0.146 e. The molecular weight excluding hydrogens is 216 g/mol. The molecule has 1 aliphatic rings. The van der Waals surface area contributed by atoms with E-state index < -0.39 is 0 Å². The largest absolute Gasteiger partial charge is 0.317 e. The predicted octanol–water partition coefficient (Wildman–Crippen LogP) is 0.706. The topological polar surface area (TPSA) is 59.8 Å². The summed E-state index contributed by atoms with van der Waals surface area (Å²) in [6, 6.07) is 0. The first-order valence-corrected chi connectivity index (χ1v) is 6.25. The van der Waals surface area contributed by atoms with Crippen molar-refractivity contribution in [2.24, 2.45) is 12.5 Å². The van der Waals surface area contributed by atoms with Gasteiger partial charge in [-0.05, 0) is 32.4 Å². The molecule has 0 amide bonds. The summed E-state index contributed by atoms with van der Waals surface area (Å²) in [5.41, 5.74) is -0.142. The fraction of sp³-hybridized carbons (Fsp3) is 0.750. The molecule has 2 rings (SSSR count). The molecule has 5 heteroatoms. The number of piperidine rings is 1. The van der Waals surface area contributed by atoms with Crippen molar-refractivity contribution in [2.45, 2.75) is 32.6 Å². The quantitative estimate of drug-likeness (QED) is 0.836. The van der Waals surface area contributed by atoms with Crippen molar-refractivity contribution in [3.8, 4) is 0 Å². The van der Waals surface area contributed by atoms with Crippen molar-refractivity contribution < 1.29 is 4.79 Å². The van der Waals surface area contributed by atoms with Crippen molar-refractivity contribution in [1.29, 1.82) is 0 Å². The van der Waals surface area contributed by atoms with Gasteiger partial charge in [0, 0.05) is 12.5 Å². The van der Waals surface area contributed by atoms with Crippen LogP contribution in [-0.2, 0) is 18.3 Å². The van der Waals surface area contributed by atoms with Crippen LogP contribution in [0.1, 0.15) is 32.0 Å². The van der Waals surface area contributed by atoms with E-state index in [9.17, 15) is 4.79 Å². The second kappa shape index (κ2) is 4.96. The number of hydrogen-bond donors (Lipinski definition) is 1. The highest BCUT2D eigenvalue weighted by Crippen LogP contribution is 2.34. The monoisotopic (exact) mass is 236 g/mol. The normalized spacial score (nSPS) is 19.2. The Balaban J connectivity index is 2.10. The molecule has 1 N–H and O–H groups in total. The molecule has 1 aromatic rings. The number of Topliss-reactive ketones (excluding diaryl/α,β-unsaturated/α-hetero) is 1. The van der Waals surface area contributed by atoms with E-state index >= 15 is 0 Å². The van der Waals surface area contributed by atoms with E-state index in [1.165, 1.54) is 6.33 Å². The number of hydrogen-bond acceptors (Lipinski definition) is 4. The Morgan fingerprint density at radius 3 is 2.76 bits per heavy atom. The molecule has 94 valence electrons. The van der Waals surface area contributed by atoms with Crippen LogP contribution in [0, 0.1) is 5.41 Å². The van der Waals surface area contributed by atoms with E-state index in [-0.39, 0.29) is 5.41 Å². The number of aryl methyl sites for hydroxylation is 1. The van der Waals surface area contributed by atoms with E-state index in [2.05, 4.69) is 22.3 Å². The van der Waals surface area contributed by atoms with Crippen LogP contribution in [0.25, 0.3) is 0 Å². The minimum absolute atomic E-state index is 0.142. The molecule has 5 nitrogen and oxygen atoms in total. The molecular formula is C12H20N4O. The van der Waals surface area contributed by atoms with E-state index in [1.807, 2.05) is 7.05 Å². The fourth-order valence-corrected chi connectivity index (χ4v) is 2.55. The first-order valence-electron chi connectivity index (χ1n) is 6.25. The van der Waals surface area contributed by atoms with Gasteiger partial charge < -0.3 is 5.32 Å². The van der Waals surface area contributed by atoms with Gasteiger partial charge in [-0.25, -0.2) is 4.98 Å². The first-order chi connectivity index (χ1) is 8.18. The van der Waals surface area contributed by atoms with Gasteiger partial charge in [0.1, 0.15) is 17.9 Å². The lowest BCUT2D eigenvalue weighted by Crippen LogP contribution is -2.42. The Labute approximate surface area is 102 Å². The van der Waals surface area contributed by atoms with Gasteiger partial charge in [-0.2, -0.15) is 5.10 Å². The average molecular weight is 236 g/mol. The molecule has 0 saturated carbocycles. The van der Waals surface area contributed by atoms with E-state index in [4.69, 9.17) is 0 Å². The van der Waals surface area contributed by atoms with E-state index in [1.54, 1.807) is 4.68 Å². The molecule has 17 heavy (non-hydrogen) atoms.